The van der Waals surface area contributed by atoms with Gasteiger partial charge in [0.2, 0.25) is 5.91 Å². The quantitative estimate of drug-likeness (QED) is 0.825. The van der Waals surface area contributed by atoms with E-state index in [9.17, 15) is 9.59 Å². The van der Waals surface area contributed by atoms with Gasteiger partial charge in [0, 0.05) is 25.7 Å². The van der Waals surface area contributed by atoms with E-state index in [0.29, 0.717) is 6.54 Å². The Hall–Kier alpha value is -2.82. The SMILES string of the molecule is Cc1ccc2c(c1)[C@@H]1C[C@H]3[C@H](CCCN3C(=O)NCCc3ccccc3)C(=O)N1CC2. The monoisotopic (exact) mass is 417 g/mol. The van der Waals surface area contributed by atoms with Crippen LogP contribution in [0.4, 0.5) is 4.79 Å². The lowest BCUT2D eigenvalue weighted by Gasteiger charge is -2.51. The van der Waals surface area contributed by atoms with Crippen LogP contribution >= 0.6 is 0 Å². The van der Waals surface area contributed by atoms with Crippen molar-refractivity contribution in [3.8, 4) is 0 Å². The third kappa shape index (κ3) is 3.82. The van der Waals surface area contributed by atoms with Gasteiger partial charge in [-0.25, -0.2) is 4.79 Å². The lowest BCUT2D eigenvalue weighted by Crippen LogP contribution is -2.61. The molecule has 3 atom stereocenters. The van der Waals surface area contributed by atoms with Crippen molar-refractivity contribution >= 4 is 11.9 Å². The zero-order chi connectivity index (χ0) is 21.4. The molecule has 1 N–H and O–H groups in total. The maximum Gasteiger partial charge on any atom is 0.317 e. The molecule has 0 aromatic heterocycles. The molecule has 3 heterocycles. The molecule has 2 aromatic rings. The number of piperidine rings is 2. The summed E-state index contributed by atoms with van der Waals surface area (Å²) in [6, 6.07) is 16.9. The largest absolute Gasteiger partial charge is 0.338 e. The summed E-state index contributed by atoms with van der Waals surface area (Å²) in [5, 5.41) is 3.11. The van der Waals surface area contributed by atoms with Crippen molar-refractivity contribution in [1.82, 2.24) is 15.1 Å². The van der Waals surface area contributed by atoms with Gasteiger partial charge in [0.1, 0.15) is 0 Å². The number of rotatable bonds is 3. The zero-order valence-electron chi connectivity index (χ0n) is 18.2. The predicted octanol–water partition coefficient (Wildman–Crippen LogP) is 3.86. The van der Waals surface area contributed by atoms with Crippen molar-refractivity contribution in [1.29, 1.82) is 0 Å². The first-order valence-corrected chi connectivity index (χ1v) is 11.6. The number of benzene rings is 2. The number of hydrogen-bond acceptors (Lipinski definition) is 2. The molecule has 2 aromatic carbocycles. The van der Waals surface area contributed by atoms with Crippen LogP contribution in [0.3, 0.4) is 0 Å². The summed E-state index contributed by atoms with van der Waals surface area (Å²) in [6.07, 6.45) is 4.38. The first-order valence-electron chi connectivity index (χ1n) is 11.6. The van der Waals surface area contributed by atoms with Gasteiger partial charge in [-0.1, -0.05) is 54.1 Å². The Labute approximate surface area is 184 Å². The fourth-order valence-corrected chi connectivity index (χ4v) is 5.73. The van der Waals surface area contributed by atoms with Crippen molar-refractivity contribution in [3.63, 3.8) is 0 Å². The van der Waals surface area contributed by atoms with E-state index < -0.39 is 0 Å². The van der Waals surface area contributed by atoms with Crippen LogP contribution < -0.4 is 5.32 Å². The molecule has 0 unspecified atom stereocenters. The van der Waals surface area contributed by atoms with Crippen LogP contribution in [-0.2, 0) is 17.6 Å². The molecule has 5 nitrogen and oxygen atoms in total. The summed E-state index contributed by atoms with van der Waals surface area (Å²) in [6.45, 7) is 4.26. The third-order valence-electron chi connectivity index (χ3n) is 7.30. The Balaban J connectivity index is 1.32. The number of aryl methyl sites for hydroxylation is 1. The van der Waals surface area contributed by atoms with Gasteiger partial charge in [0.05, 0.1) is 12.0 Å². The van der Waals surface area contributed by atoms with Gasteiger partial charge in [-0.15, -0.1) is 0 Å². The van der Waals surface area contributed by atoms with Crippen LogP contribution in [0.2, 0.25) is 0 Å². The minimum Gasteiger partial charge on any atom is -0.338 e. The number of likely N-dealkylation sites (tertiary alicyclic amines) is 1. The number of carbonyl (C=O) groups is 2. The van der Waals surface area contributed by atoms with E-state index in [2.05, 4.69) is 47.5 Å². The second kappa shape index (κ2) is 8.37. The number of fused-ring (bicyclic) bond motifs is 4. The van der Waals surface area contributed by atoms with E-state index in [1.807, 2.05) is 23.1 Å². The van der Waals surface area contributed by atoms with Crippen LogP contribution in [-0.4, -0.2) is 47.4 Å². The summed E-state index contributed by atoms with van der Waals surface area (Å²) < 4.78 is 0. The molecule has 31 heavy (non-hydrogen) atoms. The first kappa shape index (κ1) is 20.1. The minimum atomic E-state index is -0.0590. The number of urea groups is 1. The van der Waals surface area contributed by atoms with Gasteiger partial charge in [0.25, 0.3) is 0 Å². The van der Waals surface area contributed by atoms with Crippen molar-refractivity contribution in [2.75, 3.05) is 19.6 Å². The average molecular weight is 418 g/mol. The van der Waals surface area contributed by atoms with E-state index in [4.69, 9.17) is 0 Å². The molecular formula is C26H31N3O2. The summed E-state index contributed by atoms with van der Waals surface area (Å²) in [4.78, 5) is 30.6. The Morgan fingerprint density at radius 3 is 2.81 bits per heavy atom. The molecule has 0 aliphatic carbocycles. The average Bonchev–Trinajstić information content (AvgIpc) is 2.79. The van der Waals surface area contributed by atoms with Gasteiger partial charge in [-0.05, 0) is 55.7 Å². The van der Waals surface area contributed by atoms with Crippen molar-refractivity contribution < 1.29 is 9.59 Å². The molecule has 2 fully saturated rings. The highest BCUT2D eigenvalue weighted by atomic mass is 16.2. The Morgan fingerprint density at radius 2 is 1.97 bits per heavy atom. The van der Waals surface area contributed by atoms with Gasteiger partial charge in [-0.3, -0.25) is 4.79 Å². The van der Waals surface area contributed by atoms with E-state index >= 15 is 0 Å². The highest BCUT2D eigenvalue weighted by Gasteiger charge is 2.48. The van der Waals surface area contributed by atoms with Crippen LogP contribution in [0, 0.1) is 12.8 Å². The Kier molecular flexibility index (Phi) is 5.43. The van der Waals surface area contributed by atoms with Crippen molar-refractivity contribution in [2.45, 2.75) is 51.1 Å². The van der Waals surface area contributed by atoms with Gasteiger partial charge in [-0.2, -0.15) is 0 Å². The van der Waals surface area contributed by atoms with Crippen molar-refractivity contribution in [3.05, 3.63) is 70.8 Å². The lowest BCUT2D eigenvalue weighted by atomic mass is 9.76. The fourth-order valence-electron chi connectivity index (χ4n) is 5.73. The number of hydrogen-bond donors (Lipinski definition) is 1. The number of nitrogens with zero attached hydrogens (tertiary/aromatic N) is 2. The molecule has 5 heteroatoms. The molecule has 162 valence electrons. The number of carbonyl (C=O) groups excluding carboxylic acids is 2. The second-order valence-corrected chi connectivity index (χ2v) is 9.21. The highest BCUT2D eigenvalue weighted by Crippen LogP contribution is 2.43. The first-order chi connectivity index (χ1) is 15.1. The minimum absolute atomic E-state index is 0.00862. The molecule has 0 saturated carbocycles. The van der Waals surface area contributed by atoms with E-state index in [1.54, 1.807) is 0 Å². The number of nitrogens with one attached hydrogen (secondary N) is 1. The molecule has 3 aliphatic rings. The number of amides is 3. The predicted molar refractivity (Wildman–Crippen MR) is 121 cm³/mol. The maximum absolute atomic E-state index is 13.4. The molecule has 0 radical (unpaired) electrons. The molecule has 2 saturated heterocycles. The normalized spacial score (nSPS) is 24.8. The second-order valence-electron chi connectivity index (χ2n) is 9.21. The van der Waals surface area contributed by atoms with Crippen LogP contribution in [0.1, 0.15) is 47.6 Å². The summed E-state index contributed by atoms with van der Waals surface area (Å²) >= 11 is 0. The summed E-state index contributed by atoms with van der Waals surface area (Å²) in [7, 11) is 0. The smallest absolute Gasteiger partial charge is 0.317 e. The molecule has 3 aliphatic heterocycles. The molecule has 5 rings (SSSR count). The fraction of sp³-hybridized carbons (Fsp3) is 0.462. The standard InChI is InChI=1S/C26H31N3O2/c1-18-9-10-20-12-15-28-24(22(20)16-18)17-23-21(25(28)30)8-5-14-29(23)26(31)27-13-11-19-6-3-2-4-7-19/h2-4,6-7,9-10,16,21,23-24H,5,8,11-15,17H2,1H3,(H,27,31)/t21-,23-,24-/m0/s1. The molecule has 3 amide bonds. The Bertz CT molecular complexity index is 974. The van der Waals surface area contributed by atoms with Crippen molar-refractivity contribution in [2.24, 2.45) is 5.92 Å². The molecule has 0 bridgehead atoms. The molecular weight excluding hydrogens is 386 g/mol. The van der Waals surface area contributed by atoms with Gasteiger partial charge >= 0.3 is 6.03 Å². The van der Waals surface area contributed by atoms with Gasteiger partial charge < -0.3 is 15.1 Å². The third-order valence-corrected chi connectivity index (χ3v) is 7.30. The lowest BCUT2D eigenvalue weighted by molar-refractivity contribution is -0.148. The van der Waals surface area contributed by atoms with Crippen LogP contribution in [0.5, 0.6) is 0 Å². The zero-order valence-corrected chi connectivity index (χ0v) is 18.2. The summed E-state index contributed by atoms with van der Waals surface area (Å²) in [5.41, 5.74) is 5.09. The molecule has 0 spiro atoms. The highest BCUT2D eigenvalue weighted by molar-refractivity contribution is 5.83. The van der Waals surface area contributed by atoms with E-state index in [1.165, 1.54) is 22.3 Å². The van der Waals surface area contributed by atoms with Gasteiger partial charge in [0.15, 0.2) is 0 Å². The maximum atomic E-state index is 13.4. The van der Waals surface area contributed by atoms with Crippen LogP contribution in [0.25, 0.3) is 0 Å². The van der Waals surface area contributed by atoms with Crippen LogP contribution in [0.15, 0.2) is 48.5 Å². The van der Waals surface area contributed by atoms with E-state index in [0.717, 1.165) is 45.2 Å². The Morgan fingerprint density at radius 1 is 1.13 bits per heavy atom. The van der Waals surface area contributed by atoms with E-state index in [-0.39, 0.29) is 29.9 Å². The summed E-state index contributed by atoms with van der Waals surface area (Å²) in [5.74, 6) is 0.187. The topological polar surface area (TPSA) is 52.7 Å².